The summed E-state index contributed by atoms with van der Waals surface area (Å²) in [6.07, 6.45) is 0. The largest absolute Gasteiger partial charge is 0.492 e. The maximum Gasteiger partial charge on any atom is 0.246 e. The average Bonchev–Trinajstić information content (AvgIpc) is 2.42. The molecule has 1 saturated heterocycles. The van der Waals surface area contributed by atoms with Crippen molar-refractivity contribution in [2.75, 3.05) is 32.9 Å². The topological polar surface area (TPSA) is 55.8 Å². The molecule has 106 valence electrons. The van der Waals surface area contributed by atoms with Crippen LogP contribution in [0.3, 0.4) is 0 Å². The van der Waals surface area contributed by atoms with Crippen LogP contribution in [0.2, 0.25) is 5.02 Å². The second kappa shape index (κ2) is 6.09. The molecule has 1 aliphatic heterocycles. The van der Waals surface area contributed by atoms with E-state index in [2.05, 4.69) is 0 Å². The Morgan fingerprint density at radius 2 is 2.05 bits per heavy atom. The fourth-order valence-corrected chi connectivity index (χ4v) is 3.69. The van der Waals surface area contributed by atoms with Crippen LogP contribution in [0.5, 0.6) is 5.75 Å². The van der Waals surface area contributed by atoms with Gasteiger partial charge in [0.15, 0.2) is 0 Å². The number of hydrogen-bond acceptors (Lipinski definition) is 4. The molecule has 0 saturated carbocycles. The van der Waals surface area contributed by atoms with Crippen molar-refractivity contribution in [3.63, 3.8) is 0 Å². The fourth-order valence-electron chi connectivity index (χ4n) is 1.88. The molecule has 0 atom stereocenters. The van der Waals surface area contributed by atoms with Gasteiger partial charge in [0.2, 0.25) is 10.0 Å². The summed E-state index contributed by atoms with van der Waals surface area (Å²) in [5.74, 6) is 0.332. The van der Waals surface area contributed by atoms with E-state index in [-0.39, 0.29) is 4.90 Å². The smallest absolute Gasteiger partial charge is 0.246 e. The predicted molar refractivity (Wildman–Crippen MR) is 72.2 cm³/mol. The molecule has 0 aliphatic carbocycles. The standard InChI is InChI=1S/C12H16ClNO4S/c1-2-18-11-4-3-10(13)9-12(11)19(15,16)14-5-7-17-8-6-14/h3-4,9H,2,5-8H2,1H3. The van der Waals surface area contributed by atoms with Crippen molar-refractivity contribution in [3.05, 3.63) is 23.2 Å². The maximum absolute atomic E-state index is 12.6. The molecule has 1 aliphatic rings. The highest BCUT2D eigenvalue weighted by Gasteiger charge is 2.29. The second-order valence-electron chi connectivity index (χ2n) is 4.04. The van der Waals surface area contributed by atoms with Gasteiger partial charge >= 0.3 is 0 Å². The van der Waals surface area contributed by atoms with E-state index in [9.17, 15) is 8.42 Å². The molecule has 1 aromatic carbocycles. The van der Waals surface area contributed by atoms with Crippen LogP contribution in [0.15, 0.2) is 23.1 Å². The average molecular weight is 306 g/mol. The number of rotatable bonds is 4. The normalized spacial score (nSPS) is 17.4. The van der Waals surface area contributed by atoms with E-state index in [0.717, 1.165) is 0 Å². The number of halogens is 1. The zero-order chi connectivity index (χ0) is 13.9. The minimum atomic E-state index is -3.59. The summed E-state index contributed by atoms with van der Waals surface area (Å²) in [6.45, 7) is 3.71. The third-order valence-corrected chi connectivity index (χ3v) is 4.95. The summed E-state index contributed by atoms with van der Waals surface area (Å²) in [7, 11) is -3.59. The number of sulfonamides is 1. The highest BCUT2D eigenvalue weighted by atomic mass is 35.5. The third-order valence-electron chi connectivity index (χ3n) is 2.79. The second-order valence-corrected chi connectivity index (χ2v) is 6.38. The molecular formula is C12H16ClNO4S. The van der Waals surface area contributed by atoms with Gasteiger partial charge in [0.1, 0.15) is 10.6 Å². The van der Waals surface area contributed by atoms with E-state index in [1.165, 1.54) is 10.4 Å². The zero-order valence-corrected chi connectivity index (χ0v) is 12.2. The number of nitrogens with zero attached hydrogens (tertiary/aromatic N) is 1. The van der Waals surface area contributed by atoms with E-state index >= 15 is 0 Å². The number of ether oxygens (including phenoxy) is 2. The first-order chi connectivity index (χ1) is 9.05. The monoisotopic (exact) mass is 305 g/mol. The summed E-state index contributed by atoms with van der Waals surface area (Å²) in [4.78, 5) is 0.115. The van der Waals surface area contributed by atoms with Gasteiger partial charge < -0.3 is 9.47 Å². The van der Waals surface area contributed by atoms with Crippen molar-refractivity contribution < 1.29 is 17.9 Å². The van der Waals surface area contributed by atoms with Crippen molar-refractivity contribution in [1.29, 1.82) is 0 Å². The van der Waals surface area contributed by atoms with Crippen LogP contribution in [0.25, 0.3) is 0 Å². The molecule has 0 radical (unpaired) electrons. The molecule has 2 rings (SSSR count). The van der Waals surface area contributed by atoms with Crippen LogP contribution in [-0.2, 0) is 14.8 Å². The van der Waals surface area contributed by atoms with Gasteiger partial charge in [-0.25, -0.2) is 8.42 Å². The molecule has 0 aromatic heterocycles. The number of morpholine rings is 1. The molecule has 0 N–H and O–H groups in total. The predicted octanol–water partition coefficient (Wildman–Crippen LogP) is 1.76. The lowest BCUT2D eigenvalue weighted by Crippen LogP contribution is -2.40. The maximum atomic E-state index is 12.6. The first-order valence-electron chi connectivity index (χ1n) is 6.06. The SMILES string of the molecule is CCOc1ccc(Cl)cc1S(=O)(=O)N1CCOCC1. The first kappa shape index (κ1) is 14.6. The van der Waals surface area contributed by atoms with Gasteiger partial charge in [0, 0.05) is 18.1 Å². The van der Waals surface area contributed by atoms with E-state index in [1.54, 1.807) is 19.1 Å². The minimum absolute atomic E-state index is 0.115. The van der Waals surface area contributed by atoms with Crippen LogP contribution in [0.1, 0.15) is 6.92 Å². The highest BCUT2D eigenvalue weighted by Crippen LogP contribution is 2.30. The summed E-state index contributed by atoms with van der Waals surface area (Å²) in [5.41, 5.74) is 0. The van der Waals surface area contributed by atoms with Crippen molar-refractivity contribution in [2.24, 2.45) is 0 Å². The Hall–Kier alpha value is -0.820. The lowest BCUT2D eigenvalue weighted by molar-refractivity contribution is 0.0729. The quantitative estimate of drug-likeness (QED) is 0.850. The Bertz CT molecular complexity index is 541. The fraction of sp³-hybridized carbons (Fsp3) is 0.500. The van der Waals surface area contributed by atoms with E-state index in [4.69, 9.17) is 21.1 Å². The van der Waals surface area contributed by atoms with Gasteiger partial charge in [-0.15, -0.1) is 0 Å². The molecule has 19 heavy (non-hydrogen) atoms. The van der Waals surface area contributed by atoms with Gasteiger partial charge in [0.25, 0.3) is 0 Å². The lowest BCUT2D eigenvalue weighted by atomic mass is 10.3. The summed E-state index contributed by atoms with van der Waals surface area (Å²) < 4.78 is 37.1. The van der Waals surface area contributed by atoms with Crippen LogP contribution in [0.4, 0.5) is 0 Å². The molecule has 0 unspecified atom stereocenters. The zero-order valence-electron chi connectivity index (χ0n) is 10.6. The van der Waals surface area contributed by atoms with Crippen molar-refractivity contribution in [2.45, 2.75) is 11.8 Å². The van der Waals surface area contributed by atoms with Crippen molar-refractivity contribution in [3.8, 4) is 5.75 Å². The van der Waals surface area contributed by atoms with Crippen molar-refractivity contribution >= 4 is 21.6 Å². The molecule has 1 aromatic rings. The molecule has 0 bridgehead atoms. The lowest BCUT2D eigenvalue weighted by Gasteiger charge is -2.26. The Morgan fingerprint density at radius 1 is 1.37 bits per heavy atom. The van der Waals surface area contributed by atoms with Crippen LogP contribution < -0.4 is 4.74 Å². The van der Waals surface area contributed by atoms with Gasteiger partial charge in [-0.3, -0.25) is 0 Å². The first-order valence-corrected chi connectivity index (χ1v) is 7.87. The molecule has 7 heteroatoms. The number of benzene rings is 1. The molecule has 1 fully saturated rings. The van der Waals surface area contributed by atoms with Crippen LogP contribution in [0, 0.1) is 0 Å². The van der Waals surface area contributed by atoms with E-state index in [0.29, 0.717) is 43.7 Å². The van der Waals surface area contributed by atoms with E-state index < -0.39 is 10.0 Å². The van der Waals surface area contributed by atoms with Gasteiger partial charge in [-0.1, -0.05) is 11.6 Å². The molecule has 1 heterocycles. The van der Waals surface area contributed by atoms with Gasteiger partial charge in [0.05, 0.1) is 19.8 Å². The van der Waals surface area contributed by atoms with Gasteiger partial charge in [-0.05, 0) is 25.1 Å². The summed E-state index contributed by atoms with van der Waals surface area (Å²) in [6, 6.07) is 4.63. The highest BCUT2D eigenvalue weighted by molar-refractivity contribution is 7.89. The molecule has 0 spiro atoms. The van der Waals surface area contributed by atoms with Crippen molar-refractivity contribution in [1.82, 2.24) is 4.31 Å². The Morgan fingerprint density at radius 3 is 2.68 bits per heavy atom. The summed E-state index contributed by atoms with van der Waals surface area (Å²) in [5, 5.41) is 0.371. The third kappa shape index (κ3) is 3.20. The Kier molecular flexibility index (Phi) is 4.67. The van der Waals surface area contributed by atoms with Crippen LogP contribution >= 0.6 is 11.6 Å². The molecule has 5 nitrogen and oxygen atoms in total. The Labute approximate surface area is 118 Å². The molecular weight excluding hydrogens is 290 g/mol. The Balaban J connectivity index is 2.40. The summed E-state index contributed by atoms with van der Waals surface area (Å²) >= 11 is 5.90. The van der Waals surface area contributed by atoms with E-state index in [1.807, 2.05) is 0 Å². The van der Waals surface area contributed by atoms with Gasteiger partial charge in [-0.2, -0.15) is 4.31 Å². The minimum Gasteiger partial charge on any atom is -0.492 e. The molecule has 0 amide bonds. The van der Waals surface area contributed by atoms with Crippen LogP contribution in [-0.4, -0.2) is 45.6 Å². The number of hydrogen-bond donors (Lipinski definition) is 0.